The van der Waals surface area contributed by atoms with Crippen LogP contribution in [-0.4, -0.2) is 21.6 Å². The fourth-order valence-corrected chi connectivity index (χ4v) is 3.12. The van der Waals surface area contributed by atoms with Crippen molar-refractivity contribution >= 4 is 22.5 Å². The lowest BCUT2D eigenvalue weighted by Gasteiger charge is -2.09. The molecule has 1 aliphatic rings. The Labute approximate surface area is 145 Å². The zero-order chi connectivity index (χ0) is 17.1. The van der Waals surface area contributed by atoms with E-state index in [1.54, 1.807) is 12.4 Å². The first-order chi connectivity index (χ1) is 12.3. The SMILES string of the molecule is O=C(NN=C1CCCC1)c1cc(-c2ccncc2)nc2ccccc12. The van der Waals surface area contributed by atoms with E-state index in [9.17, 15) is 4.79 Å². The van der Waals surface area contributed by atoms with E-state index in [0.29, 0.717) is 5.56 Å². The second-order valence-electron chi connectivity index (χ2n) is 6.13. The van der Waals surface area contributed by atoms with Gasteiger partial charge in [0.15, 0.2) is 0 Å². The van der Waals surface area contributed by atoms with Crippen LogP contribution in [0.4, 0.5) is 0 Å². The first kappa shape index (κ1) is 15.4. The van der Waals surface area contributed by atoms with E-state index < -0.39 is 0 Å². The average Bonchev–Trinajstić information content (AvgIpc) is 3.19. The molecule has 1 aliphatic carbocycles. The van der Waals surface area contributed by atoms with Gasteiger partial charge in [-0.25, -0.2) is 10.4 Å². The molecule has 124 valence electrons. The molecule has 1 aromatic carbocycles. The molecule has 1 fully saturated rings. The fourth-order valence-electron chi connectivity index (χ4n) is 3.12. The maximum Gasteiger partial charge on any atom is 0.272 e. The average molecular weight is 330 g/mol. The number of hydrazone groups is 1. The molecule has 2 aromatic heterocycles. The van der Waals surface area contributed by atoms with Crippen LogP contribution >= 0.6 is 0 Å². The van der Waals surface area contributed by atoms with Crippen molar-refractivity contribution in [2.45, 2.75) is 25.7 Å². The highest BCUT2D eigenvalue weighted by atomic mass is 16.2. The summed E-state index contributed by atoms with van der Waals surface area (Å²) in [5, 5.41) is 5.12. The van der Waals surface area contributed by atoms with E-state index in [-0.39, 0.29) is 5.91 Å². The highest BCUT2D eigenvalue weighted by Gasteiger charge is 2.14. The summed E-state index contributed by atoms with van der Waals surface area (Å²) in [5.41, 5.74) is 6.84. The Morgan fingerprint density at radius 2 is 1.80 bits per heavy atom. The number of benzene rings is 1. The number of carbonyl (C=O) groups is 1. The van der Waals surface area contributed by atoms with E-state index in [4.69, 9.17) is 0 Å². The molecular formula is C20H18N4O. The quantitative estimate of drug-likeness (QED) is 0.739. The van der Waals surface area contributed by atoms with Gasteiger partial charge in [-0.15, -0.1) is 0 Å². The summed E-state index contributed by atoms with van der Waals surface area (Å²) in [4.78, 5) is 21.5. The van der Waals surface area contributed by atoms with Gasteiger partial charge in [0.1, 0.15) is 0 Å². The van der Waals surface area contributed by atoms with Gasteiger partial charge in [0, 0.05) is 29.1 Å². The van der Waals surface area contributed by atoms with Crippen LogP contribution < -0.4 is 5.43 Å². The second kappa shape index (κ2) is 6.81. The third kappa shape index (κ3) is 3.26. The van der Waals surface area contributed by atoms with Crippen molar-refractivity contribution in [3.8, 4) is 11.3 Å². The molecule has 2 heterocycles. The Kier molecular flexibility index (Phi) is 4.21. The maximum absolute atomic E-state index is 12.7. The predicted octanol–water partition coefficient (Wildman–Crippen LogP) is 3.96. The van der Waals surface area contributed by atoms with Crippen molar-refractivity contribution in [2.24, 2.45) is 5.10 Å². The number of nitrogens with zero attached hydrogens (tertiary/aromatic N) is 3. The van der Waals surface area contributed by atoms with Gasteiger partial charge in [0.2, 0.25) is 0 Å². The monoisotopic (exact) mass is 330 g/mol. The second-order valence-corrected chi connectivity index (χ2v) is 6.13. The Hall–Kier alpha value is -3.08. The van der Waals surface area contributed by atoms with Gasteiger partial charge < -0.3 is 0 Å². The van der Waals surface area contributed by atoms with Gasteiger partial charge in [-0.1, -0.05) is 18.2 Å². The smallest absolute Gasteiger partial charge is 0.267 e. The molecule has 0 saturated heterocycles. The van der Waals surface area contributed by atoms with Crippen LogP contribution in [0.5, 0.6) is 0 Å². The Morgan fingerprint density at radius 1 is 1.04 bits per heavy atom. The number of fused-ring (bicyclic) bond motifs is 1. The van der Waals surface area contributed by atoms with Crippen molar-refractivity contribution in [1.29, 1.82) is 0 Å². The summed E-state index contributed by atoms with van der Waals surface area (Å²) in [5.74, 6) is -0.201. The van der Waals surface area contributed by atoms with Gasteiger partial charge in [0.25, 0.3) is 5.91 Å². The van der Waals surface area contributed by atoms with Crippen LogP contribution in [-0.2, 0) is 0 Å². The van der Waals surface area contributed by atoms with Crippen LogP contribution in [0.25, 0.3) is 22.2 Å². The molecular weight excluding hydrogens is 312 g/mol. The molecule has 1 saturated carbocycles. The van der Waals surface area contributed by atoms with Crippen LogP contribution in [0.3, 0.4) is 0 Å². The summed E-state index contributed by atoms with van der Waals surface area (Å²) < 4.78 is 0. The molecule has 4 rings (SSSR count). The normalized spacial score (nSPS) is 13.8. The van der Waals surface area contributed by atoms with Crippen molar-refractivity contribution in [3.63, 3.8) is 0 Å². The molecule has 0 unspecified atom stereocenters. The minimum absolute atomic E-state index is 0.201. The van der Waals surface area contributed by atoms with E-state index in [0.717, 1.165) is 53.6 Å². The fraction of sp³-hybridized carbons (Fsp3) is 0.200. The molecule has 0 bridgehead atoms. The topological polar surface area (TPSA) is 67.2 Å². The first-order valence-electron chi connectivity index (χ1n) is 8.47. The minimum atomic E-state index is -0.201. The van der Waals surface area contributed by atoms with Crippen molar-refractivity contribution < 1.29 is 4.79 Å². The molecule has 3 aromatic rings. The standard InChI is InChI=1S/C20H18N4O/c25-20(24-23-15-5-1-2-6-15)17-13-19(14-9-11-21-12-10-14)22-18-8-4-3-7-16(17)18/h3-4,7-13H,1-2,5-6H2,(H,24,25). The minimum Gasteiger partial charge on any atom is -0.267 e. The van der Waals surface area contributed by atoms with Gasteiger partial charge in [-0.05, 0) is 49.9 Å². The zero-order valence-corrected chi connectivity index (χ0v) is 13.8. The number of hydrogen-bond acceptors (Lipinski definition) is 4. The molecule has 0 aliphatic heterocycles. The highest BCUT2D eigenvalue weighted by molar-refractivity contribution is 6.07. The van der Waals surface area contributed by atoms with Crippen LogP contribution in [0.1, 0.15) is 36.0 Å². The largest absolute Gasteiger partial charge is 0.272 e. The maximum atomic E-state index is 12.7. The molecule has 0 spiro atoms. The predicted molar refractivity (Wildman–Crippen MR) is 98.3 cm³/mol. The molecule has 0 atom stereocenters. The number of para-hydroxylation sites is 1. The number of carbonyl (C=O) groups excluding carboxylic acids is 1. The summed E-state index contributed by atoms with van der Waals surface area (Å²) in [7, 11) is 0. The highest BCUT2D eigenvalue weighted by Crippen LogP contribution is 2.24. The molecule has 1 amide bonds. The van der Waals surface area contributed by atoms with E-state index in [1.165, 1.54) is 0 Å². The number of pyridine rings is 2. The molecule has 25 heavy (non-hydrogen) atoms. The molecule has 0 radical (unpaired) electrons. The summed E-state index contributed by atoms with van der Waals surface area (Å²) in [6.07, 6.45) is 7.69. The van der Waals surface area contributed by atoms with Crippen LogP contribution in [0.2, 0.25) is 0 Å². The molecule has 1 N–H and O–H groups in total. The number of nitrogens with one attached hydrogen (secondary N) is 1. The number of hydrogen-bond donors (Lipinski definition) is 1. The Morgan fingerprint density at radius 3 is 2.60 bits per heavy atom. The Bertz CT molecular complexity index is 942. The number of rotatable bonds is 3. The Balaban J connectivity index is 1.76. The van der Waals surface area contributed by atoms with Crippen molar-refractivity contribution in [3.05, 3.63) is 60.4 Å². The van der Waals surface area contributed by atoms with Gasteiger partial charge in [-0.3, -0.25) is 9.78 Å². The molecule has 5 nitrogen and oxygen atoms in total. The lowest BCUT2D eigenvalue weighted by molar-refractivity contribution is 0.0956. The van der Waals surface area contributed by atoms with E-state index >= 15 is 0 Å². The third-order valence-electron chi connectivity index (χ3n) is 4.43. The van der Waals surface area contributed by atoms with E-state index in [1.807, 2.05) is 42.5 Å². The zero-order valence-electron chi connectivity index (χ0n) is 13.8. The number of aromatic nitrogens is 2. The molecule has 5 heteroatoms. The van der Waals surface area contributed by atoms with E-state index in [2.05, 4.69) is 20.5 Å². The summed E-state index contributed by atoms with van der Waals surface area (Å²) in [6, 6.07) is 13.3. The lowest BCUT2D eigenvalue weighted by Crippen LogP contribution is -2.19. The van der Waals surface area contributed by atoms with Gasteiger partial charge in [-0.2, -0.15) is 5.10 Å². The summed E-state index contributed by atoms with van der Waals surface area (Å²) in [6.45, 7) is 0. The number of amides is 1. The van der Waals surface area contributed by atoms with Crippen LogP contribution in [0, 0.1) is 0 Å². The van der Waals surface area contributed by atoms with Gasteiger partial charge in [0.05, 0.1) is 16.8 Å². The van der Waals surface area contributed by atoms with Crippen LogP contribution in [0.15, 0.2) is 60.0 Å². The van der Waals surface area contributed by atoms with Crippen molar-refractivity contribution in [2.75, 3.05) is 0 Å². The van der Waals surface area contributed by atoms with Gasteiger partial charge >= 0.3 is 0 Å². The van der Waals surface area contributed by atoms with Crippen molar-refractivity contribution in [1.82, 2.24) is 15.4 Å². The summed E-state index contributed by atoms with van der Waals surface area (Å²) >= 11 is 0. The lowest BCUT2D eigenvalue weighted by atomic mass is 10.0. The third-order valence-corrected chi connectivity index (χ3v) is 4.43. The first-order valence-corrected chi connectivity index (χ1v) is 8.47.